The predicted octanol–water partition coefficient (Wildman–Crippen LogP) is 0.413. The lowest BCUT2D eigenvalue weighted by Crippen LogP contribution is -2.51. The summed E-state index contributed by atoms with van der Waals surface area (Å²) in [5.74, 6) is -1.04. The van der Waals surface area contributed by atoms with Crippen LogP contribution in [0.5, 0.6) is 0 Å². The first-order valence-corrected chi connectivity index (χ1v) is 10.2. The molecular formula is C18H22N4O5S. The van der Waals surface area contributed by atoms with E-state index in [0.29, 0.717) is 26.2 Å². The number of nitrogens with zero attached hydrogens (tertiary/aromatic N) is 4. The molecule has 0 bridgehead atoms. The molecule has 2 aliphatic rings. The van der Waals surface area contributed by atoms with Gasteiger partial charge in [0.2, 0.25) is 5.91 Å². The van der Waals surface area contributed by atoms with Crippen molar-refractivity contribution in [1.29, 1.82) is 0 Å². The summed E-state index contributed by atoms with van der Waals surface area (Å²) in [4.78, 5) is 28.2. The summed E-state index contributed by atoms with van der Waals surface area (Å²) in [6.45, 7) is 3.27. The first kappa shape index (κ1) is 19.9. The van der Waals surface area contributed by atoms with E-state index in [2.05, 4.69) is 14.0 Å². The van der Waals surface area contributed by atoms with Gasteiger partial charge in [0.15, 0.2) is 0 Å². The monoisotopic (exact) mass is 406 g/mol. The quantitative estimate of drug-likeness (QED) is 0.672. The highest BCUT2D eigenvalue weighted by atomic mass is 32.2. The third kappa shape index (κ3) is 4.16. The van der Waals surface area contributed by atoms with E-state index in [-0.39, 0.29) is 17.2 Å². The molecule has 3 rings (SSSR count). The van der Waals surface area contributed by atoms with Crippen molar-refractivity contribution in [3.05, 3.63) is 42.1 Å². The van der Waals surface area contributed by atoms with E-state index in [1.807, 2.05) is 30.3 Å². The SMILES string of the molecule is COC(=O)C1=CN(CC(=O)N2CCN(c3ccccc3)CC2)S(=O)(=O)N=C1C. The van der Waals surface area contributed by atoms with Crippen LogP contribution in [0.3, 0.4) is 0 Å². The summed E-state index contributed by atoms with van der Waals surface area (Å²) in [6.07, 6.45) is 1.11. The van der Waals surface area contributed by atoms with Crippen molar-refractivity contribution in [2.75, 3.05) is 44.7 Å². The number of amides is 1. The van der Waals surface area contributed by atoms with Crippen LogP contribution in [0.25, 0.3) is 0 Å². The third-order valence-electron chi connectivity index (χ3n) is 4.66. The molecule has 1 amide bonds. The largest absolute Gasteiger partial charge is 0.465 e. The zero-order chi connectivity index (χ0) is 20.3. The Hall–Kier alpha value is -2.88. The number of methoxy groups -OCH3 is 1. The summed E-state index contributed by atoms with van der Waals surface area (Å²) < 4.78 is 33.5. The number of rotatable bonds is 4. The van der Waals surface area contributed by atoms with Gasteiger partial charge < -0.3 is 14.5 Å². The molecule has 1 aromatic rings. The van der Waals surface area contributed by atoms with E-state index in [1.54, 1.807) is 4.90 Å². The van der Waals surface area contributed by atoms with Crippen molar-refractivity contribution < 1.29 is 22.7 Å². The number of carbonyl (C=O) groups excluding carboxylic acids is 2. The normalized spacial score (nSPS) is 19.0. The molecule has 0 N–H and O–H groups in total. The van der Waals surface area contributed by atoms with Gasteiger partial charge in [-0.15, -0.1) is 4.40 Å². The van der Waals surface area contributed by atoms with Crippen LogP contribution in [0.15, 0.2) is 46.5 Å². The van der Waals surface area contributed by atoms with Gasteiger partial charge in [0, 0.05) is 38.1 Å². The summed E-state index contributed by atoms with van der Waals surface area (Å²) in [6, 6.07) is 9.89. The molecule has 0 atom stereocenters. The Morgan fingerprint density at radius 2 is 1.75 bits per heavy atom. The van der Waals surface area contributed by atoms with Gasteiger partial charge in [-0.3, -0.25) is 4.79 Å². The Kier molecular flexibility index (Phi) is 5.68. The minimum atomic E-state index is -4.06. The van der Waals surface area contributed by atoms with Crippen LogP contribution in [0.1, 0.15) is 6.92 Å². The van der Waals surface area contributed by atoms with Gasteiger partial charge in [0.1, 0.15) is 6.54 Å². The van der Waals surface area contributed by atoms with Gasteiger partial charge in [-0.2, -0.15) is 8.42 Å². The second kappa shape index (κ2) is 8.01. The molecule has 0 saturated carbocycles. The van der Waals surface area contributed by atoms with Gasteiger partial charge >= 0.3 is 16.2 Å². The Bertz CT molecular complexity index is 919. The van der Waals surface area contributed by atoms with Gasteiger partial charge in [-0.05, 0) is 19.1 Å². The Morgan fingerprint density at radius 3 is 2.36 bits per heavy atom. The van der Waals surface area contributed by atoms with Crippen molar-refractivity contribution in [2.45, 2.75) is 6.92 Å². The molecular weight excluding hydrogens is 384 g/mol. The average molecular weight is 406 g/mol. The Morgan fingerprint density at radius 1 is 1.11 bits per heavy atom. The highest BCUT2D eigenvalue weighted by molar-refractivity contribution is 7.88. The van der Waals surface area contributed by atoms with Gasteiger partial charge in [-0.25, -0.2) is 9.10 Å². The van der Waals surface area contributed by atoms with Crippen molar-refractivity contribution in [3.63, 3.8) is 0 Å². The third-order valence-corrected chi connectivity index (χ3v) is 5.99. The van der Waals surface area contributed by atoms with Crippen LogP contribution >= 0.6 is 0 Å². The van der Waals surface area contributed by atoms with E-state index in [1.165, 1.54) is 14.0 Å². The maximum atomic E-state index is 12.6. The van der Waals surface area contributed by atoms with E-state index in [9.17, 15) is 18.0 Å². The predicted molar refractivity (Wildman–Crippen MR) is 104 cm³/mol. The maximum Gasteiger partial charge on any atom is 0.344 e. The molecule has 0 unspecified atom stereocenters. The number of hydrogen-bond donors (Lipinski definition) is 0. The molecule has 2 aliphatic heterocycles. The summed E-state index contributed by atoms with van der Waals surface area (Å²) in [5, 5.41) is 0. The van der Waals surface area contributed by atoms with Gasteiger partial charge in [0.25, 0.3) is 0 Å². The molecule has 0 aromatic heterocycles. The first-order chi connectivity index (χ1) is 13.3. The summed E-state index contributed by atoms with van der Waals surface area (Å²) in [7, 11) is -2.86. The number of benzene rings is 1. The Balaban J connectivity index is 1.66. The molecule has 2 heterocycles. The van der Waals surface area contributed by atoms with Crippen molar-refractivity contribution in [2.24, 2.45) is 4.40 Å². The second-order valence-electron chi connectivity index (χ2n) is 6.44. The highest BCUT2D eigenvalue weighted by Crippen LogP contribution is 2.19. The minimum absolute atomic E-state index is 0.0130. The van der Waals surface area contributed by atoms with Gasteiger partial charge in [-0.1, -0.05) is 18.2 Å². The number of hydrogen-bond acceptors (Lipinski definition) is 6. The van der Waals surface area contributed by atoms with E-state index >= 15 is 0 Å². The lowest BCUT2D eigenvalue weighted by molar-refractivity contribution is -0.135. The van der Waals surface area contributed by atoms with Crippen molar-refractivity contribution >= 4 is 33.5 Å². The lowest BCUT2D eigenvalue weighted by Gasteiger charge is -2.36. The molecule has 1 saturated heterocycles. The zero-order valence-electron chi connectivity index (χ0n) is 15.7. The first-order valence-electron chi connectivity index (χ1n) is 8.78. The molecule has 9 nitrogen and oxygen atoms in total. The number of ether oxygens (including phenoxy) is 1. The molecule has 1 fully saturated rings. The van der Waals surface area contributed by atoms with Gasteiger partial charge in [0.05, 0.1) is 18.4 Å². The standard InChI is InChI=1S/C18H22N4O5S/c1-14-16(18(24)27-2)12-22(28(25,26)19-14)13-17(23)21-10-8-20(9-11-21)15-6-4-3-5-7-15/h3-7,12H,8-11,13H2,1-2H3. The van der Waals surface area contributed by atoms with Crippen LogP contribution in [0.2, 0.25) is 0 Å². The van der Waals surface area contributed by atoms with Crippen LogP contribution in [-0.4, -0.2) is 75.0 Å². The maximum absolute atomic E-state index is 12.6. The number of esters is 1. The molecule has 10 heteroatoms. The molecule has 150 valence electrons. The lowest BCUT2D eigenvalue weighted by atomic mass is 10.2. The average Bonchev–Trinajstić information content (AvgIpc) is 2.69. The Labute approximate surface area is 164 Å². The molecule has 1 aromatic carbocycles. The van der Waals surface area contributed by atoms with Crippen LogP contribution in [0, 0.1) is 0 Å². The number of para-hydroxylation sites is 1. The molecule has 0 spiro atoms. The highest BCUT2D eigenvalue weighted by Gasteiger charge is 2.31. The fourth-order valence-electron chi connectivity index (χ4n) is 3.10. The zero-order valence-corrected chi connectivity index (χ0v) is 16.6. The van der Waals surface area contributed by atoms with E-state index < -0.39 is 22.7 Å². The number of piperazine rings is 1. The molecule has 0 aliphatic carbocycles. The van der Waals surface area contributed by atoms with Crippen molar-refractivity contribution in [1.82, 2.24) is 9.21 Å². The van der Waals surface area contributed by atoms with E-state index in [0.717, 1.165) is 16.2 Å². The molecule has 28 heavy (non-hydrogen) atoms. The smallest absolute Gasteiger partial charge is 0.344 e. The fraction of sp³-hybridized carbons (Fsp3) is 0.389. The topological polar surface area (TPSA) is 99.6 Å². The second-order valence-corrected chi connectivity index (χ2v) is 7.98. The summed E-state index contributed by atoms with van der Waals surface area (Å²) in [5.41, 5.74) is 1.13. The summed E-state index contributed by atoms with van der Waals surface area (Å²) >= 11 is 0. The van der Waals surface area contributed by atoms with Crippen LogP contribution in [0.4, 0.5) is 5.69 Å². The fourth-order valence-corrected chi connectivity index (χ4v) is 4.16. The van der Waals surface area contributed by atoms with Crippen LogP contribution < -0.4 is 4.90 Å². The minimum Gasteiger partial charge on any atom is -0.465 e. The van der Waals surface area contributed by atoms with Crippen molar-refractivity contribution in [3.8, 4) is 0 Å². The number of carbonyl (C=O) groups is 2. The van der Waals surface area contributed by atoms with E-state index in [4.69, 9.17) is 0 Å². The number of anilines is 1. The molecule has 0 radical (unpaired) electrons. The van der Waals surface area contributed by atoms with Crippen LogP contribution in [-0.2, 0) is 24.5 Å².